The Bertz CT molecular complexity index is 650. The Kier molecular flexibility index (Phi) is 4.45. The molecule has 0 amide bonds. The van der Waals surface area contributed by atoms with E-state index in [2.05, 4.69) is 6.07 Å². The number of hydrogen-bond donors (Lipinski definition) is 3. The molecule has 0 saturated carbocycles. The molecule has 5 nitrogen and oxygen atoms in total. The Hall–Kier alpha value is -1.85. The van der Waals surface area contributed by atoms with Gasteiger partial charge in [-0.3, -0.25) is 4.68 Å². The van der Waals surface area contributed by atoms with E-state index in [4.69, 9.17) is 16.6 Å². The van der Waals surface area contributed by atoms with Crippen LogP contribution in [0.15, 0.2) is 24.3 Å². The molecule has 2 aromatic rings. The van der Waals surface area contributed by atoms with Gasteiger partial charge < -0.3 is 16.6 Å². The topological polar surface area (TPSA) is 90.1 Å². The highest BCUT2D eigenvalue weighted by molar-refractivity contribution is 5.68. The van der Waals surface area contributed by atoms with Crippen LogP contribution < -0.4 is 11.5 Å². The zero-order valence-corrected chi connectivity index (χ0v) is 12.8. The molecule has 1 aliphatic rings. The van der Waals surface area contributed by atoms with Crippen molar-refractivity contribution in [3.05, 3.63) is 35.5 Å². The number of aromatic nitrogens is 2. The summed E-state index contributed by atoms with van der Waals surface area (Å²) in [5.74, 6) is 0.456. The second-order valence-corrected chi connectivity index (χ2v) is 5.95. The molecule has 3 rings (SSSR count). The molecule has 1 unspecified atom stereocenters. The number of nitrogens with zero attached hydrogens (tertiary/aromatic N) is 2. The van der Waals surface area contributed by atoms with E-state index in [0.29, 0.717) is 19.0 Å². The van der Waals surface area contributed by atoms with E-state index in [1.54, 1.807) is 0 Å². The van der Waals surface area contributed by atoms with Crippen LogP contribution in [0.3, 0.4) is 0 Å². The molecular formula is C17H24N4O. The van der Waals surface area contributed by atoms with Crippen LogP contribution in [0.5, 0.6) is 0 Å². The minimum absolute atomic E-state index is 0.103. The number of benzene rings is 1. The molecule has 1 atom stereocenters. The largest absolute Gasteiger partial charge is 0.399 e. The van der Waals surface area contributed by atoms with E-state index in [1.165, 1.54) is 11.3 Å². The van der Waals surface area contributed by atoms with Crippen molar-refractivity contribution >= 4 is 5.69 Å². The van der Waals surface area contributed by atoms with E-state index < -0.39 is 0 Å². The second-order valence-electron chi connectivity index (χ2n) is 5.95. The van der Waals surface area contributed by atoms with Gasteiger partial charge in [0, 0.05) is 22.5 Å². The number of rotatable bonds is 5. The summed E-state index contributed by atoms with van der Waals surface area (Å²) in [5, 5.41) is 14.1. The highest BCUT2D eigenvalue weighted by Crippen LogP contribution is 2.40. The van der Waals surface area contributed by atoms with Crippen molar-refractivity contribution in [2.75, 3.05) is 18.9 Å². The van der Waals surface area contributed by atoms with Gasteiger partial charge >= 0.3 is 0 Å². The first-order valence-corrected chi connectivity index (χ1v) is 8.01. The molecule has 1 aromatic carbocycles. The fraction of sp³-hybridized carbons (Fsp3) is 0.471. The molecule has 1 aromatic heterocycles. The molecule has 5 heteroatoms. The average molecular weight is 300 g/mol. The van der Waals surface area contributed by atoms with E-state index in [0.717, 1.165) is 42.6 Å². The van der Waals surface area contributed by atoms with Gasteiger partial charge in [-0.2, -0.15) is 5.10 Å². The molecule has 1 heterocycles. The summed E-state index contributed by atoms with van der Waals surface area (Å²) in [6.45, 7) is 1.33. The lowest BCUT2D eigenvalue weighted by Crippen LogP contribution is -2.16. The van der Waals surface area contributed by atoms with Crippen molar-refractivity contribution in [1.29, 1.82) is 0 Å². The molecule has 0 spiro atoms. The molecule has 1 aliphatic carbocycles. The molecule has 0 radical (unpaired) electrons. The predicted molar refractivity (Wildman–Crippen MR) is 88.5 cm³/mol. The number of nitrogens with two attached hydrogens (primary N) is 2. The number of fused-ring (bicyclic) bond motifs is 1. The summed E-state index contributed by atoms with van der Waals surface area (Å²) in [5.41, 5.74) is 17.1. The molecule has 118 valence electrons. The van der Waals surface area contributed by atoms with E-state index in [1.807, 2.05) is 22.9 Å². The summed E-state index contributed by atoms with van der Waals surface area (Å²) in [4.78, 5) is 0. The first kappa shape index (κ1) is 15.1. The number of hydrogen-bond acceptors (Lipinski definition) is 4. The SMILES string of the molecule is NCCC1CCCc2c1c(-c1cccc(N)c1)nn2CCO. The van der Waals surface area contributed by atoms with Crippen molar-refractivity contribution in [3.8, 4) is 11.3 Å². The first-order valence-electron chi connectivity index (χ1n) is 8.01. The maximum Gasteiger partial charge on any atom is 0.0961 e. The Balaban J connectivity index is 2.12. The zero-order chi connectivity index (χ0) is 15.5. The molecule has 0 saturated heterocycles. The number of aliphatic hydroxyl groups is 1. The van der Waals surface area contributed by atoms with Crippen molar-refractivity contribution in [1.82, 2.24) is 9.78 Å². The molecular weight excluding hydrogens is 276 g/mol. The van der Waals surface area contributed by atoms with Gasteiger partial charge in [0.05, 0.1) is 18.8 Å². The van der Waals surface area contributed by atoms with Crippen molar-refractivity contribution < 1.29 is 5.11 Å². The molecule has 0 fully saturated rings. The lowest BCUT2D eigenvalue weighted by atomic mass is 9.82. The molecule has 5 N–H and O–H groups in total. The highest BCUT2D eigenvalue weighted by atomic mass is 16.3. The van der Waals surface area contributed by atoms with Crippen molar-refractivity contribution in [3.63, 3.8) is 0 Å². The van der Waals surface area contributed by atoms with Crippen LogP contribution in [-0.2, 0) is 13.0 Å². The average Bonchev–Trinajstić information content (AvgIpc) is 2.88. The van der Waals surface area contributed by atoms with Gasteiger partial charge in [0.25, 0.3) is 0 Å². The minimum atomic E-state index is 0.103. The van der Waals surface area contributed by atoms with Gasteiger partial charge in [0.1, 0.15) is 0 Å². The van der Waals surface area contributed by atoms with E-state index in [9.17, 15) is 5.11 Å². The highest BCUT2D eigenvalue weighted by Gasteiger charge is 2.28. The van der Waals surface area contributed by atoms with Gasteiger partial charge in [0.15, 0.2) is 0 Å². The van der Waals surface area contributed by atoms with Gasteiger partial charge in [-0.15, -0.1) is 0 Å². The minimum Gasteiger partial charge on any atom is -0.399 e. The van der Waals surface area contributed by atoms with Crippen LogP contribution in [0.1, 0.15) is 36.4 Å². The van der Waals surface area contributed by atoms with Gasteiger partial charge in [0.2, 0.25) is 0 Å². The molecule has 0 aliphatic heterocycles. The van der Waals surface area contributed by atoms with Crippen LogP contribution in [0.25, 0.3) is 11.3 Å². The summed E-state index contributed by atoms with van der Waals surface area (Å²) in [6, 6.07) is 7.87. The Labute approximate surface area is 130 Å². The predicted octanol–water partition coefficient (Wildman–Crippen LogP) is 1.89. The van der Waals surface area contributed by atoms with Gasteiger partial charge in [-0.25, -0.2) is 0 Å². The summed E-state index contributed by atoms with van der Waals surface area (Å²) in [7, 11) is 0. The maximum absolute atomic E-state index is 9.31. The zero-order valence-electron chi connectivity index (χ0n) is 12.8. The third-order valence-corrected chi connectivity index (χ3v) is 4.46. The van der Waals surface area contributed by atoms with Crippen molar-refractivity contribution in [2.24, 2.45) is 5.73 Å². The van der Waals surface area contributed by atoms with Crippen LogP contribution in [-0.4, -0.2) is 28.0 Å². The van der Waals surface area contributed by atoms with Crippen molar-refractivity contribution in [2.45, 2.75) is 38.1 Å². The Morgan fingerprint density at radius 2 is 2.23 bits per heavy atom. The van der Waals surface area contributed by atoms with Crippen LogP contribution in [0.2, 0.25) is 0 Å². The Morgan fingerprint density at radius 3 is 2.95 bits per heavy atom. The normalized spacial score (nSPS) is 17.5. The summed E-state index contributed by atoms with van der Waals surface area (Å²) < 4.78 is 1.97. The van der Waals surface area contributed by atoms with E-state index >= 15 is 0 Å². The smallest absolute Gasteiger partial charge is 0.0961 e. The summed E-state index contributed by atoms with van der Waals surface area (Å²) in [6.07, 6.45) is 4.31. The molecule has 0 bridgehead atoms. The number of nitrogen functional groups attached to an aromatic ring is 1. The third-order valence-electron chi connectivity index (χ3n) is 4.46. The lowest BCUT2D eigenvalue weighted by molar-refractivity contribution is 0.266. The van der Waals surface area contributed by atoms with Crippen LogP contribution in [0, 0.1) is 0 Å². The monoisotopic (exact) mass is 300 g/mol. The fourth-order valence-electron chi connectivity index (χ4n) is 3.53. The van der Waals surface area contributed by atoms with E-state index in [-0.39, 0.29) is 6.61 Å². The summed E-state index contributed by atoms with van der Waals surface area (Å²) >= 11 is 0. The van der Waals surface area contributed by atoms with Crippen LogP contribution >= 0.6 is 0 Å². The maximum atomic E-state index is 9.31. The fourth-order valence-corrected chi connectivity index (χ4v) is 3.53. The quantitative estimate of drug-likeness (QED) is 0.736. The molecule has 22 heavy (non-hydrogen) atoms. The van der Waals surface area contributed by atoms with Gasteiger partial charge in [-0.05, 0) is 50.3 Å². The second kappa shape index (κ2) is 6.50. The lowest BCUT2D eigenvalue weighted by Gasteiger charge is -2.23. The number of anilines is 1. The Morgan fingerprint density at radius 1 is 1.36 bits per heavy atom. The van der Waals surface area contributed by atoms with Gasteiger partial charge in [-0.1, -0.05) is 12.1 Å². The third kappa shape index (κ3) is 2.74. The van der Waals surface area contributed by atoms with Crippen LogP contribution in [0.4, 0.5) is 5.69 Å². The number of aliphatic hydroxyl groups excluding tert-OH is 1. The standard InChI is InChI=1S/C17H24N4O/c18-8-7-12-3-2-6-15-16(12)17(20-21(15)9-10-22)13-4-1-5-14(19)11-13/h1,4-5,11-12,22H,2-3,6-10,18-19H2. The first-order chi connectivity index (χ1) is 10.7.